The van der Waals surface area contributed by atoms with E-state index < -0.39 is 10.0 Å². The number of rotatable bonds is 3. The molecule has 0 saturated carbocycles. The smallest absolute Gasteiger partial charge is 0.256 e. The molecule has 5 nitrogen and oxygen atoms in total. The van der Waals surface area contributed by atoms with Crippen LogP contribution in [0, 0.1) is 0 Å². The zero-order chi connectivity index (χ0) is 12.5. The first-order chi connectivity index (χ1) is 8.05. The molecule has 7 heteroatoms. The quantitative estimate of drug-likeness (QED) is 0.884. The van der Waals surface area contributed by atoms with Crippen LogP contribution in [0.5, 0.6) is 5.75 Å². The van der Waals surface area contributed by atoms with Crippen LogP contribution < -0.4 is 10.1 Å². The van der Waals surface area contributed by atoms with E-state index in [1.165, 1.54) is 22.8 Å². The van der Waals surface area contributed by atoms with Crippen molar-refractivity contribution in [3.05, 3.63) is 11.4 Å². The largest absolute Gasteiger partial charge is 0.494 e. The summed E-state index contributed by atoms with van der Waals surface area (Å²) < 4.78 is 31.7. The third kappa shape index (κ3) is 2.47. The van der Waals surface area contributed by atoms with E-state index in [0.29, 0.717) is 29.6 Å². The van der Waals surface area contributed by atoms with Gasteiger partial charge in [-0.1, -0.05) is 0 Å². The molecule has 0 aliphatic carbocycles. The highest BCUT2D eigenvalue weighted by molar-refractivity contribution is 7.91. The summed E-state index contributed by atoms with van der Waals surface area (Å²) in [7, 11) is -1.92. The molecule has 17 heavy (non-hydrogen) atoms. The fraction of sp³-hybridized carbons (Fsp3) is 0.600. The van der Waals surface area contributed by atoms with Crippen molar-refractivity contribution < 1.29 is 13.2 Å². The van der Waals surface area contributed by atoms with E-state index >= 15 is 0 Å². The second kappa shape index (κ2) is 4.93. The number of hydrogen-bond acceptors (Lipinski definition) is 5. The third-order valence-corrected chi connectivity index (χ3v) is 6.01. The summed E-state index contributed by atoms with van der Waals surface area (Å²) in [6.45, 7) is 3.68. The minimum atomic E-state index is -3.41. The molecule has 0 bridgehead atoms. The number of hydrogen-bond donors (Lipinski definition) is 1. The molecule has 1 aliphatic rings. The van der Waals surface area contributed by atoms with Crippen molar-refractivity contribution in [2.24, 2.45) is 0 Å². The Morgan fingerprint density at radius 2 is 2.35 bits per heavy atom. The Labute approximate surface area is 105 Å². The minimum absolute atomic E-state index is 0.185. The molecule has 0 spiro atoms. The van der Waals surface area contributed by atoms with E-state index in [9.17, 15) is 8.42 Å². The van der Waals surface area contributed by atoms with E-state index in [2.05, 4.69) is 5.32 Å². The van der Waals surface area contributed by atoms with Crippen LogP contribution in [0.25, 0.3) is 0 Å². The summed E-state index contributed by atoms with van der Waals surface area (Å²) >= 11 is 1.20. The van der Waals surface area contributed by atoms with Crippen molar-refractivity contribution in [3.8, 4) is 5.75 Å². The van der Waals surface area contributed by atoms with Crippen LogP contribution in [-0.4, -0.2) is 45.5 Å². The average molecular weight is 276 g/mol. The van der Waals surface area contributed by atoms with E-state index in [-0.39, 0.29) is 6.04 Å². The van der Waals surface area contributed by atoms with Crippen molar-refractivity contribution >= 4 is 21.4 Å². The minimum Gasteiger partial charge on any atom is -0.494 e. The Morgan fingerprint density at radius 3 is 3.00 bits per heavy atom. The SMILES string of the molecule is COc1ccsc1S(=O)(=O)N1CCN[C@H](C)C1. The second-order valence-electron chi connectivity index (χ2n) is 3.99. The maximum atomic E-state index is 12.4. The fourth-order valence-electron chi connectivity index (χ4n) is 1.86. The molecule has 1 atom stereocenters. The Bertz CT molecular complexity index is 483. The number of thiophene rings is 1. The standard InChI is InChI=1S/C10H16N2O3S2/c1-8-7-12(5-4-11-8)17(13,14)10-9(15-2)3-6-16-10/h3,6,8,11H,4-5,7H2,1-2H3/t8-/m1/s1. The molecule has 1 saturated heterocycles. The molecule has 0 unspecified atom stereocenters. The molecule has 96 valence electrons. The van der Waals surface area contributed by atoms with Gasteiger partial charge in [0, 0.05) is 25.7 Å². The molecule has 0 amide bonds. The van der Waals surface area contributed by atoms with Crippen molar-refractivity contribution in [2.75, 3.05) is 26.7 Å². The van der Waals surface area contributed by atoms with Crippen LogP contribution in [0.2, 0.25) is 0 Å². The lowest BCUT2D eigenvalue weighted by Crippen LogP contribution is -2.51. The van der Waals surface area contributed by atoms with Crippen LogP contribution in [0.3, 0.4) is 0 Å². The summed E-state index contributed by atoms with van der Waals surface area (Å²) in [4.78, 5) is 0. The average Bonchev–Trinajstić information content (AvgIpc) is 2.77. The van der Waals surface area contributed by atoms with Gasteiger partial charge in [-0.3, -0.25) is 0 Å². The first-order valence-corrected chi connectivity index (χ1v) is 7.72. The third-order valence-electron chi connectivity index (χ3n) is 2.72. The number of methoxy groups -OCH3 is 1. The van der Waals surface area contributed by atoms with Gasteiger partial charge in [-0.15, -0.1) is 11.3 Å². The summed E-state index contributed by atoms with van der Waals surface area (Å²) in [5.74, 6) is 0.432. The predicted molar refractivity (Wildman–Crippen MR) is 67.1 cm³/mol. The van der Waals surface area contributed by atoms with Gasteiger partial charge in [-0.05, 0) is 18.4 Å². The first-order valence-electron chi connectivity index (χ1n) is 5.40. The van der Waals surface area contributed by atoms with Gasteiger partial charge >= 0.3 is 0 Å². The zero-order valence-corrected chi connectivity index (χ0v) is 11.5. The van der Waals surface area contributed by atoms with Crippen molar-refractivity contribution in [3.63, 3.8) is 0 Å². The molecule has 0 aromatic carbocycles. The van der Waals surface area contributed by atoms with Crippen molar-refractivity contribution in [1.29, 1.82) is 0 Å². The summed E-state index contributed by atoms with van der Waals surface area (Å²) in [5, 5.41) is 4.96. The van der Waals surface area contributed by atoms with Gasteiger partial charge in [0.05, 0.1) is 7.11 Å². The molecule has 2 heterocycles. The molecular weight excluding hydrogens is 260 g/mol. The number of nitrogens with zero attached hydrogens (tertiary/aromatic N) is 1. The molecule has 1 N–H and O–H groups in total. The van der Waals surface area contributed by atoms with Gasteiger partial charge in [-0.2, -0.15) is 4.31 Å². The highest BCUT2D eigenvalue weighted by Crippen LogP contribution is 2.32. The van der Waals surface area contributed by atoms with Gasteiger partial charge in [-0.25, -0.2) is 8.42 Å². The van der Waals surface area contributed by atoms with E-state index in [4.69, 9.17) is 4.74 Å². The van der Waals surface area contributed by atoms with E-state index in [1.807, 2.05) is 6.92 Å². The summed E-state index contributed by atoms with van der Waals surface area (Å²) in [6, 6.07) is 1.87. The molecule has 0 radical (unpaired) electrons. The zero-order valence-electron chi connectivity index (χ0n) is 9.84. The normalized spacial score (nSPS) is 22.6. The summed E-state index contributed by atoms with van der Waals surface area (Å²) in [6.07, 6.45) is 0. The van der Waals surface area contributed by atoms with Gasteiger partial charge in [0.2, 0.25) is 0 Å². The molecule has 1 aromatic heterocycles. The fourth-order valence-corrected chi connectivity index (χ4v) is 4.80. The highest BCUT2D eigenvalue weighted by atomic mass is 32.2. The van der Waals surface area contributed by atoms with E-state index in [1.54, 1.807) is 11.4 Å². The number of piperazine rings is 1. The van der Waals surface area contributed by atoms with Gasteiger partial charge in [0.25, 0.3) is 10.0 Å². The Balaban J connectivity index is 2.30. The monoisotopic (exact) mass is 276 g/mol. The van der Waals surface area contributed by atoms with Crippen LogP contribution >= 0.6 is 11.3 Å². The lowest BCUT2D eigenvalue weighted by molar-refractivity contribution is 0.309. The van der Waals surface area contributed by atoms with Gasteiger partial charge < -0.3 is 10.1 Å². The second-order valence-corrected chi connectivity index (χ2v) is 7.04. The lowest BCUT2D eigenvalue weighted by atomic mass is 10.3. The Morgan fingerprint density at radius 1 is 1.59 bits per heavy atom. The lowest BCUT2D eigenvalue weighted by Gasteiger charge is -2.30. The van der Waals surface area contributed by atoms with Gasteiger partial charge in [0.15, 0.2) is 4.21 Å². The predicted octanol–water partition coefficient (Wildman–Crippen LogP) is 0.739. The van der Waals surface area contributed by atoms with Crippen LogP contribution in [0.1, 0.15) is 6.92 Å². The molecule has 1 aromatic rings. The first kappa shape index (κ1) is 12.8. The molecular formula is C10H16N2O3S2. The highest BCUT2D eigenvalue weighted by Gasteiger charge is 2.31. The van der Waals surface area contributed by atoms with Crippen molar-refractivity contribution in [1.82, 2.24) is 9.62 Å². The Kier molecular flexibility index (Phi) is 3.72. The van der Waals surface area contributed by atoms with Crippen LogP contribution in [0.15, 0.2) is 15.7 Å². The number of ether oxygens (including phenoxy) is 1. The molecule has 2 rings (SSSR count). The molecule has 1 fully saturated rings. The van der Waals surface area contributed by atoms with Crippen LogP contribution in [-0.2, 0) is 10.0 Å². The number of nitrogens with one attached hydrogen (secondary N) is 1. The van der Waals surface area contributed by atoms with Gasteiger partial charge in [0.1, 0.15) is 5.75 Å². The number of sulfonamides is 1. The summed E-state index contributed by atoms with van der Waals surface area (Å²) in [5.41, 5.74) is 0. The van der Waals surface area contributed by atoms with E-state index in [0.717, 1.165) is 0 Å². The Hall–Kier alpha value is -0.630. The maximum Gasteiger partial charge on any atom is 0.256 e. The van der Waals surface area contributed by atoms with Crippen LogP contribution in [0.4, 0.5) is 0 Å². The topological polar surface area (TPSA) is 58.6 Å². The molecule has 1 aliphatic heterocycles. The van der Waals surface area contributed by atoms with Crippen molar-refractivity contribution in [2.45, 2.75) is 17.2 Å². The maximum absolute atomic E-state index is 12.4.